The van der Waals surface area contributed by atoms with Crippen molar-refractivity contribution in [3.63, 3.8) is 0 Å². The summed E-state index contributed by atoms with van der Waals surface area (Å²) in [5.74, 6) is -0.815. The standard InChI is InChI=1S/C21H19ClN4O5S/c1-3-30-21(27)16(23)12-18(24-17-10-5-4-9-15(17)22)20-26-25-19(31-20)13-7-6-8-14(11-13)32(2,28)29/h4-12,23-24H,3H2,1-2H3/b18-12-,23-16?. The molecule has 0 saturated carbocycles. The highest BCUT2D eigenvalue weighted by Crippen LogP contribution is 2.27. The number of hydrogen-bond donors (Lipinski definition) is 2. The third kappa shape index (κ3) is 5.59. The number of para-hydroxylation sites is 1. The lowest BCUT2D eigenvalue weighted by molar-refractivity contribution is -0.135. The highest BCUT2D eigenvalue weighted by molar-refractivity contribution is 7.90. The molecule has 2 aromatic carbocycles. The van der Waals surface area contributed by atoms with Crippen LogP contribution < -0.4 is 5.32 Å². The van der Waals surface area contributed by atoms with E-state index in [2.05, 4.69) is 15.5 Å². The molecule has 1 heterocycles. The lowest BCUT2D eigenvalue weighted by atomic mass is 10.2. The van der Waals surface area contributed by atoms with Crippen molar-refractivity contribution in [2.75, 3.05) is 18.2 Å². The Kier molecular flexibility index (Phi) is 7.06. The van der Waals surface area contributed by atoms with Gasteiger partial charge in [-0.05, 0) is 43.3 Å². The minimum Gasteiger partial charge on any atom is -0.461 e. The molecule has 166 valence electrons. The summed E-state index contributed by atoms with van der Waals surface area (Å²) in [4.78, 5) is 12.0. The van der Waals surface area contributed by atoms with Crippen molar-refractivity contribution in [2.24, 2.45) is 0 Å². The van der Waals surface area contributed by atoms with Crippen LogP contribution in [0, 0.1) is 5.41 Å². The normalized spacial score (nSPS) is 11.8. The highest BCUT2D eigenvalue weighted by Gasteiger charge is 2.18. The Morgan fingerprint density at radius 1 is 1.22 bits per heavy atom. The fourth-order valence-electron chi connectivity index (χ4n) is 2.58. The van der Waals surface area contributed by atoms with E-state index in [-0.39, 0.29) is 29.0 Å². The number of nitrogens with one attached hydrogen (secondary N) is 2. The van der Waals surface area contributed by atoms with Crippen LogP contribution in [0.15, 0.2) is 63.9 Å². The zero-order valence-corrected chi connectivity index (χ0v) is 18.7. The summed E-state index contributed by atoms with van der Waals surface area (Å²) in [7, 11) is -3.43. The number of carbonyl (C=O) groups excluding carboxylic acids is 1. The molecular formula is C21H19ClN4O5S. The molecule has 1 aromatic heterocycles. The molecule has 0 spiro atoms. The van der Waals surface area contributed by atoms with Gasteiger partial charge in [0.25, 0.3) is 5.89 Å². The number of esters is 1. The smallest absolute Gasteiger partial charge is 0.356 e. The minimum absolute atomic E-state index is 0.0428. The van der Waals surface area contributed by atoms with Crippen molar-refractivity contribution in [1.82, 2.24) is 10.2 Å². The van der Waals surface area contributed by atoms with E-state index in [4.69, 9.17) is 26.2 Å². The Bertz CT molecular complexity index is 1300. The molecule has 0 bridgehead atoms. The predicted octanol–water partition coefficient (Wildman–Crippen LogP) is 3.83. The van der Waals surface area contributed by atoms with E-state index in [9.17, 15) is 13.2 Å². The number of anilines is 1. The number of aromatic nitrogens is 2. The number of halogens is 1. The summed E-state index contributed by atoms with van der Waals surface area (Å²) in [5, 5.41) is 19.3. The third-order valence-corrected chi connectivity index (χ3v) is 5.53. The number of benzene rings is 2. The van der Waals surface area contributed by atoms with Crippen LogP contribution in [0.3, 0.4) is 0 Å². The zero-order chi connectivity index (χ0) is 23.3. The quantitative estimate of drug-likeness (QED) is 0.371. The fourth-order valence-corrected chi connectivity index (χ4v) is 3.43. The van der Waals surface area contributed by atoms with Gasteiger partial charge in [-0.1, -0.05) is 29.8 Å². The molecule has 0 aliphatic carbocycles. The van der Waals surface area contributed by atoms with Crippen LogP contribution in [0.4, 0.5) is 5.69 Å². The molecule has 3 rings (SSSR count). The largest absolute Gasteiger partial charge is 0.461 e. The van der Waals surface area contributed by atoms with Crippen LogP contribution >= 0.6 is 11.6 Å². The lowest BCUT2D eigenvalue weighted by Gasteiger charge is -2.10. The Labute approximate surface area is 189 Å². The number of ether oxygens (including phenoxy) is 1. The maximum Gasteiger partial charge on any atom is 0.356 e. The summed E-state index contributed by atoms with van der Waals surface area (Å²) in [6.07, 6.45) is 2.28. The SMILES string of the molecule is CCOC(=O)C(=N)/C=C(\Nc1ccccc1Cl)c1nnc(-c2cccc(S(C)(=O)=O)c2)o1. The van der Waals surface area contributed by atoms with E-state index in [1.165, 1.54) is 18.2 Å². The zero-order valence-electron chi connectivity index (χ0n) is 17.1. The van der Waals surface area contributed by atoms with Crippen LogP contribution in [-0.2, 0) is 19.4 Å². The van der Waals surface area contributed by atoms with Gasteiger partial charge in [-0.3, -0.25) is 5.41 Å². The maximum absolute atomic E-state index is 11.9. The molecule has 0 radical (unpaired) electrons. The van der Waals surface area contributed by atoms with Crippen LogP contribution in [0.2, 0.25) is 5.02 Å². The average molecular weight is 475 g/mol. The van der Waals surface area contributed by atoms with Crippen molar-refractivity contribution in [1.29, 1.82) is 5.41 Å². The second kappa shape index (κ2) is 9.75. The number of carbonyl (C=O) groups is 1. The second-order valence-electron chi connectivity index (χ2n) is 6.51. The first kappa shape index (κ1) is 23.2. The van der Waals surface area contributed by atoms with E-state index in [1.54, 1.807) is 43.3 Å². The fraction of sp³-hybridized carbons (Fsp3) is 0.143. The van der Waals surface area contributed by atoms with Gasteiger partial charge in [-0.15, -0.1) is 10.2 Å². The van der Waals surface area contributed by atoms with Gasteiger partial charge in [-0.25, -0.2) is 13.2 Å². The molecule has 2 N–H and O–H groups in total. The summed E-state index contributed by atoms with van der Waals surface area (Å²) >= 11 is 6.21. The Morgan fingerprint density at radius 3 is 2.66 bits per heavy atom. The molecule has 9 nitrogen and oxygen atoms in total. The number of sulfone groups is 1. The van der Waals surface area contributed by atoms with Gasteiger partial charge in [0.2, 0.25) is 5.89 Å². The van der Waals surface area contributed by atoms with Crippen molar-refractivity contribution in [3.8, 4) is 11.5 Å². The van der Waals surface area contributed by atoms with Gasteiger partial charge in [0.15, 0.2) is 9.84 Å². The van der Waals surface area contributed by atoms with Crippen molar-refractivity contribution < 1.29 is 22.4 Å². The maximum atomic E-state index is 11.9. The second-order valence-corrected chi connectivity index (χ2v) is 8.93. The van der Waals surface area contributed by atoms with E-state index in [0.717, 1.165) is 6.26 Å². The highest BCUT2D eigenvalue weighted by atomic mass is 35.5. The van der Waals surface area contributed by atoms with E-state index < -0.39 is 21.5 Å². The van der Waals surface area contributed by atoms with Gasteiger partial charge in [-0.2, -0.15) is 0 Å². The van der Waals surface area contributed by atoms with Crippen LogP contribution in [0.25, 0.3) is 17.2 Å². The van der Waals surface area contributed by atoms with Crippen LogP contribution in [0.5, 0.6) is 0 Å². The first-order valence-electron chi connectivity index (χ1n) is 9.32. The molecule has 32 heavy (non-hydrogen) atoms. The Morgan fingerprint density at radius 2 is 1.97 bits per heavy atom. The van der Waals surface area contributed by atoms with Gasteiger partial charge in [0, 0.05) is 11.8 Å². The first-order chi connectivity index (χ1) is 15.2. The molecule has 0 aliphatic heterocycles. The summed E-state index contributed by atoms with van der Waals surface area (Å²) in [6, 6.07) is 12.9. The Balaban J connectivity index is 2.01. The predicted molar refractivity (Wildman–Crippen MR) is 120 cm³/mol. The van der Waals surface area contributed by atoms with Crippen LogP contribution in [-0.4, -0.2) is 43.2 Å². The van der Waals surface area contributed by atoms with Gasteiger partial charge in [0.1, 0.15) is 11.4 Å². The van der Waals surface area contributed by atoms with Crippen molar-refractivity contribution in [2.45, 2.75) is 11.8 Å². The summed E-state index contributed by atoms with van der Waals surface area (Å²) in [6.45, 7) is 1.75. The van der Waals surface area contributed by atoms with Gasteiger partial charge < -0.3 is 14.5 Å². The molecule has 0 fully saturated rings. The molecule has 0 atom stereocenters. The van der Waals surface area contributed by atoms with Crippen molar-refractivity contribution >= 4 is 44.5 Å². The van der Waals surface area contributed by atoms with E-state index in [0.29, 0.717) is 16.3 Å². The Hall–Kier alpha value is -3.50. The molecule has 0 amide bonds. The molecule has 0 saturated heterocycles. The third-order valence-electron chi connectivity index (χ3n) is 4.09. The summed E-state index contributed by atoms with van der Waals surface area (Å²) < 4.78 is 34.2. The minimum atomic E-state index is -3.43. The first-order valence-corrected chi connectivity index (χ1v) is 11.6. The molecule has 0 aliphatic rings. The number of hydrogen-bond acceptors (Lipinski definition) is 9. The molecule has 3 aromatic rings. The topological polar surface area (TPSA) is 135 Å². The molecule has 0 unspecified atom stereocenters. The number of nitrogens with zero attached hydrogens (tertiary/aromatic N) is 2. The van der Waals surface area contributed by atoms with Gasteiger partial charge >= 0.3 is 5.97 Å². The average Bonchev–Trinajstić information content (AvgIpc) is 3.24. The molecule has 11 heteroatoms. The lowest BCUT2D eigenvalue weighted by Crippen LogP contribution is -2.15. The van der Waals surface area contributed by atoms with Gasteiger partial charge in [0.05, 0.1) is 22.2 Å². The van der Waals surface area contributed by atoms with Crippen molar-refractivity contribution in [3.05, 3.63) is 65.5 Å². The monoisotopic (exact) mass is 474 g/mol. The van der Waals surface area contributed by atoms with Crippen LogP contribution in [0.1, 0.15) is 12.8 Å². The van der Waals surface area contributed by atoms with E-state index >= 15 is 0 Å². The number of rotatable bonds is 8. The summed E-state index contributed by atoms with van der Waals surface area (Å²) in [5.41, 5.74) is 0.564. The van der Waals surface area contributed by atoms with E-state index in [1.807, 2.05) is 0 Å². The molecular weight excluding hydrogens is 456 g/mol.